The topological polar surface area (TPSA) is 98.3 Å². The molecule has 0 saturated carbocycles. The minimum Gasteiger partial charge on any atom is -0.480 e. The second kappa shape index (κ2) is 5.52. The average molecular weight is 254 g/mol. The molecule has 0 spiro atoms. The first kappa shape index (κ1) is 14.0. The van der Waals surface area contributed by atoms with E-state index in [1.54, 1.807) is 27.7 Å². The first-order valence-electron chi connectivity index (χ1n) is 5.64. The first-order chi connectivity index (χ1) is 8.32. The Morgan fingerprint density at radius 2 is 2.06 bits per heavy atom. The van der Waals surface area contributed by atoms with Gasteiger partial charge in [0, 0.05) is 6.04 Å². The predicted molar refractivity (Wildman–Crippen MR) is 66.6 cm³/mol. The Morgan fingerprint density at radius 3 is 2.44 bits per heavy atom. The van der Waals surface area contributed by atoms with Crippen molar-refractivity contribution >= 4 is 17.7 Å². The van der Waals surface area contributed by atoms with Crippen LogP contribution in [0, 0.1) is 13.8 Å². The maximum Gasteiger partial charge on any atom is 0.323 e. The van der Waals surface area contributed by atoms with Gasteiger partial charge in [0.25, 0.3) is 0 Å². The van der Waals surface area contributed by atoms with Crippen molar-refractivity contribution in [3.8, 4) is 0 Å². The number of aryl methyl sites for hydroxylation is 2. The van der Waals surface area contributed by atoms with E-state index in [0.29, 0.717) is 11.4 Å². The number of nitrogens with zero attached hydrogens (tertiary/aromatic N) is 2. The third kappa shape index (κ3) is 3.22. The van der Waals surface area contributed by atoms with Crippen molar-refractivity contribution in [2.45, 2.75) is 33.7 Å². The fraction of sp³-hybridized carbons (Fsp3) is 0.545. The molecule has 100 valence electrons. The van der Waals surface area contributed by atoms with Crippen molar-refractivity contribution in [3.63, 3.8) is 0 Å². The van der Waals surface area contributed by atoms with Crippen molar-refractivity contribution in [1.82, 2.24) is 15.1 Å². The molecule has 1 rings (SSSR count). The van der Waals surface area contributed by atoms with Crippen molar-refractivity contribution in [1.29, 1.82) is 0 Å². The number of urea groups is 1. The molecule has 2 amide bonds. The lowest BCUT2D eigenvalue weighted by atomic mass is 10.3. The molecule has 0 aliphatic rings. The van der Waals surface area contributed by atoms with Crippen LogP contribution in [0.15, 0.2) is 0 Å². The molecular formula is C11H18N4O3. The summed E-state index contributed by atoms with van der Waals surface area (Å²) in [5.41, 5.74) is 2.00. The van der Waals surface area contributed by atoms with Crippen LogP contribution in [-0.4, -0.2) is 44.8 Å². The normalized spacial score (nSPS) is 10.5. The Balaban J connectivity index is 2.82. The van der Waals surface area contributed by atoms with Crippen LogP contribution in [0.1, 0.15) is 25.2 Å². The maximum atomic E-state index is 12.0. The monoisotopic (exact) mass is 254 g/mol. The lowest BCUT2D eigenvalue weighted by Gasteiger charge is -2.25. The number of aromatic nitrogens is 2. The van der Waals surface area contributed by atoms with Gasteiger partial charge >= 0.3 is 12.0 Å². The molecule has 7 heteroatoms. The molecule has 0 unspecified atom stereocenters. The number of carboxylic acids is 1. The van der Waals surface area contributed by atoms with Gasteiger partial charge < -0.3 is 15.3 Å². The SMILES string of the molecule is Cc1n[nH]c(C)c1NC(=O)N(CC(=O)O)C(C)C. The van der Waals surface area contributed by atoms with Crippen LogP contribution in [0.4, 0.5) is 10.5 Å². The van der Waals surface area contributed by atoms with Gasteiger partial charge in [-0.15, -0.1) is 0 Å². The number of H-pyrrole nitrogens is 1. The average Bonchev–Trinajstić information content (AvgIpc) is 2.56. The summed E-state index contributed by atoms with van der Waals surface area (Å²) in [6.07, 6.45) is 0. The largest absolute Gasteiger partial charge is 0.480 e. The predicted octanol–water partition coefficient (Wildman–Crippen LogP) is 1.35. The van der Waals surface area contributed by atoms with Crippen molar-refractivity contribution in [2.24, 2.45) is 0 Å². The molecule has 7 nitrogen and oxygen atoms in total. The zero-order chi connectivity index (χ0) is 13.9. The Morgan fingerprint density at radius 1 is 1.44 bits per heavy atom. The number of anilines is 1. The zero-order valence-corrected chi connectivity index (χ0v) is 10.9. The van der Waals surface area contributed by atoms with E-state index < -0.39 is 12.0 Å². The van der Waals surface area contributed by atoms with Crippen molar-refractivity contribution in [2.75, 3.05) is 11.9 Å². The van der Waals surface area contributed by atoms with Gasteiger partial charge in [0.15, 0.2) is 0 Å². The molecule has 0 atom stereocenters. The second-order valence-corrected chi connectivity index (χ2v) is 4.35. The van der Waals surface area contributed by atoms with Crippen molar-refractivity contribution < 1.29 is 14.7 Å². The van der Waals surface area contributed by atoms with Crippen LogP contribution < -0.4 is 5.32 Å². The number of carboxylic acid groups (broad SMARTS) is 1. The summed E-state index contributed by atoms with van der Waals surface area (Å²) in [5.74, 6) is -1.04. The second-order valence-electron chi connectivity index (χ2n) is 4.35. The smallest absolute Gasteiger partial charge is 0.323 e. The maximum absolute atomic E-state index is 12.0. The summed E-state index contributed by atoms with van der Waals surface area (Å²) in [4.78, 5) is 24.0. The minimum absolute atomic E-state index is 0.200. The fourth-order valence-corrected chi connectivity index (χ4v) is 1.55. The molecular weight excluding hydrogens is 236 g/mol. The van der Waals surface area contributed by atoms with Crippen LogP contribution in [0.2, 0.25) is 0 Å². The van der Waals surface area contributed by atoms with E-state index in [-0.39, 0.29) is 12.6 Å². The number of rotatable bonds is 4. The van der Waals surface area contributed by atoms with Gasteiger partial charge in [0.2, 0.25) is 0 Å². The van der Waals surface area contributed by atoms with Gasteiger partial charge in [0.1, 0.15) is 6.54 Å². The number of nitrogens with one attached hydrogen (secondary N) is 2. The lowest BCUT2D eigenvalue weighted by Crippen LogP contribution is -2.43. The van der Waals surface area contributed by atoms with E-state index in [2.05, 4.69) is 15.5 Å². The molecule has 18 heavy (non-hydrogen) atoms. The van der Waals surface area contributed by atoms with Crippen LogP contribution in [0.25, 0.3) is 0 Å². The Hall–Kier alpha value is -2.05. The first-order valence-corrected chi connectivity index (χ1v) is 5.64. The van der Waals surface area contributed by atoms with Crippen LogP contribution >= 0.6 is 0 Å². The van der Waals surface area contributed by atoms with Crippen LogP contribution in [0.5, 0.6) is 0 Å². The number of amides is 2. The number of carbonyl (C=O) groups excluding carboxylic acids is 1. The van der Waals surface area contributed by atoms with Gasteiger partial charge in [-0.05, 0) is 27.7 Å². The summed E-state index contributed by atoms with van der Waals surface area (Å²) in [6, 6.07) is -0.645. The summed E-state index contributed by atoms with van der Waals surface area (Å²) < 4.78 is 0. The molecule has 0 radical (unpaired) electrons. The number of hydrogen-bond acceptors (Lipinski definition) is 3. The minimum atomic E-state index is -1.04. The molecule has 0 saturated heterocycles. The standard InChI is InChI=1S/C11H18N4O3/c1-6(2)15(5-9(16)17)11(18)12-10-7(3)13-14-8(10)4/h6H,5H2,1-4H3,(H,12,18)(H,13,14)(H,16,17). The number of carbonyl (C=O) groups is 2. The third-order valence-corrected chi connectivity index (χ3v) is 2.55. The fourth-order valence-electron chi connectivity index (χ4n) is 1.55. The van der Waals surface area contributed by atoms with Crippen LogP contribution in [-0.2, 0) is 4.79 Å². The molecule has 0 bridgehead atoms. The summed E-state index contributed by atoms with van der Waals surface area (Å²) in [7, 11) is 0. The van der Waals surface area contributed by atoms with Gasteiger partial charge in [-0.1, -0.05) is 0 Å². The molecule has 3 N–H and O–H groups in total. The quantitative estimate of drug-likeness (QED) is 0.755. The van der Waals surface area contributed by atoms with E-state index >= 15 is 0 Å². The van der Waals surface area contributed by atoms with Crippen LogP contribution in [0.3, 0.4) is 0 Å². The van der Waals surface area contributed by atoms with E-state index in [0.717, 1.165) is 5.69 Å². The van der Waals surface area contributed by atoms with E-state index in [1.165, 1.54) is 4.90 Å². The molecule has 1 heterocycles. The molecule has 0 aliphatic heterocycles. The Kier molecular flexibility index (Phi) is 4.30. The van der Waals surface area contributed by atoms with E-state index in [1.807, 2.05) is 0 Å². The molecule has 1 aromatic heterocycles. The summed E-state index contributed by atoms with van der Waals surface area (Å²) >= 11 is 0. The summed E-state index contributed by atoms with van der Waals surface area (Å²) in [6.45, 7) is 6.73. The lowest BCUT2D eigenvalue weighted by molar-refractivity contribution is -0.137. The third-order valence-electron chi connectivity index (χ3n) is 2.55. The number of aliphatic carboxylic acids is 1. The highest BCUT2D eigenvalue weighted by Gasteiger charge is 2.21. The highest BCUT2D eigenvalue weighted by molar-refractivity contribution is 5.92. The van der Waals surface area contributed by atoms with Gasteiger partial charge in [-0.25, -0.2) is 4.79 Å². The molecule has 0 aromatic carbocycles. The van der Waals surface area contributed by atoms with E-state index in [9.17, 15) is 9.59 Å². The number of hydrogen-bond donors (Lipinski definition) is 3. The number of aromatic amines is 1. The van der Waals surface area contributed by atoms with Gasteiger partial charge in [-0.2, -0.15) is 5.10 Å². The van der Waals surface area contributed by atoms with Crippen molar-refractivity contribution in [3.05, 3.63) is 11.4 Å². The van der Waals surface area contributed by atoms with E-state index in [4.69, 9.17) is 5.11 Å². The molecule has 1 aromatic rings. The molecule has 0 fully saturated rings. The Labute approximate surface area is 105 Å². The summed E-state index contributed by atoms with van der Waals surface area (Å²) in [5, 5.41) is 18.2. The highest BCUT2D eigenvalue weighted by Crippen LogP contribution is 2.17. The van der Waals surface area contributed by atoms with Gasteiger partial charge in [0.05, 0.1) is 17.1 Å². The molecule has 0 aliphatic carbocycles. The zero-order valence-electron chi connectivity index (χ0n) is 10.9. The highest BCUT2D eigenvalue weighted by atomic mass is 16.4. The Bertz CT molecular complexity index is 434. The van der Waals surface area contributed by atoms with Gasteiger partial charge in [-0.3, -0.25) is 9.89 Å².